The summed E-state index contributed by atoms with van der Waals surface area (Å²) in [5.41, 5.74) is 3.49. The molecule has 0 unspecified atom stereocenters. The van der Waals surface area contributed by atoms with Gasteiger partial charge in [-0.1, -0.05) is 30.3 Å². The highest BCUT2D eigenvalue weighted by molar-refractivity contribution is 5.96. The fourth-order valence-electron chi connectivity index (χ4n) is 2.47. The lowest BCUT2D eigenvalue weighted by Crippen LogP contribution is -2.41. The van der Waals surface area contributed by atoms with Crippen molar-refractivity contribution < 1.29 is 9.59 Å². The zero-order chi connectivity index (χ0) is 19.1. The summed E-state index contributed by atoms with van der Waals surface area (Å²) >= 11 is 0. The minimum absolute atomic E-state index is 0.0254. The largest absolute Gasteiger partial charge is 0.376 e. The van der Waals surface area contributed by atoms with E-state index < -0.39 is 11.9 Å². The second-order valence-corrected chi connectivity index (χ2v) is 5.83. The van der Waals surface area contributed by atoms with Gasteiger partial charge in [0.2, 0.25) is 5.91 Å². The molecule has 3 amide bonds. The number of carbonyl (C=O) groups is 2. The molecule has 0 aliphatic carbocycles. The SMILES string of the molecule is Cc1cc(NCC(=O)NC(=O)NCc2ccccc2)ccc1-n1cnnn1. The van der Waals surface area contributed by atoms with Crippen molar-refractivity contribution in [3.8, 4) is 5.69 Å². The van der Waals surface area contributed by atoms with Crippen LogP contribution in [0.3, 0.4) is 0 Å². The van der Waals surface area contributed by atoms with Gasteiger partial charge < -0.3 is 10.6 Å². The van der Waals surface area contributed by atoms with E-state index in [-0.39, 0.29) is 6.54 Å². The molecule has 0 fully saturated rings. The second kappa shape index (κ2) is 8.56. The molecule has 0 spiro atoms. The number of aromatic nitrogens is 4. The van der Waals surface area contributed by atoms with Gasteiger partial charge in [-0.3, -0.25) is 10.1 Å². The Bertz CT molecular complexity index is 911. The first kappa shape index (κ1) is 18.1. The molecule has 0 atom stereocenters. The van der Waals surface area contributed by atoms with Crippen LogP contribution in [0.2, 0.25) is 0 Å². The maximum absolute atomic E-state index is 11.9. The highest BCUT2D eigenvalue weighted by atomic mass is 16.2. The standard InChI is InChI=1S/C18H19N7O2/c1-13-9-15(7-8-16(13)25-12-21-23-24-25)19-11-17(26)22-18(27)20-10-14-5-3-2-4-6-14/h2-9,12,19H,10-11H2,1H3,(H2,20,22,26,27). The minimum Gasteiger partial charge on any atom is -0.376 e. The number of anilines is 1. The van der Waals surface area contributed by atoms with E-state index >= 15 is 0 Å². The molecule has 27 heavy (non-hydrogen) atoms. The number of nitrogens with one attached hydrogen (secondary N) is 3. The lowest BCUT2D eigenvalue weighted by Gasteiger charge is -2.10. The fourth-order valence-corrected chi connectivity index (χ4v) is 2.47. The second-order valence-electron chi connectivity index (χ2n) is 5.83. The van der Waals surface area contributed by atoms with Gasteiger partial charge in [0.1, 0.15) is 6.33 Å². The normalized spacial score (nSPS) is 10.3. The van der Waals surface area contributed by atoms with Crippen molar-refractivity contribution in [2.75, 3.05) is 11.9 Å². The van der Waals surface area contributed by atoms with E-state index in [1.54, 1.807) is 4.68 Å². The maximum atomic E-state index is 11.9. The van der Waals surface area contributed by atoms with Crippen molar-refractivity contribution in [1.82, 2.24) is 30.8 Å². The highest BCUT2D eigenvalue weighted by Gasteiger charge is 2.08. The zero-order valence-electron chi connectivity index (χ0n) is 14.7. The molecule has 1 aromatic heterocycles. The Balaban J connectivity index is 1.46. The number of aryl methyl sites for hydroxylation is 1. The number of tetrazole rings is 1. The molecule has 0 radical (unpaired) electrons. The lowest BCUT2D eigenvalue weighted by atomic mass is 10.2. The van der Waals surface area contributed by atoms with Crippen LogP contribution in [-0.2, 0) is 11.3 Å². The molecular formula is C18H19N7O2. The molecule has 0 aliphatic heterocycles. The Morgan fingerprint density at radius 1 is 1.11 bits per heavy atom. The van der Waals surface area contributed by atoms with Crippen LogP contribution in [0.25, 0.3) is 5.69 Å². The van der Waals surface area contributed by atoms with E-state index in [1.807, 2.05) is 55.5 Å². The Kier molecular flexibility index (Phi) is 5.73. The van der Waals surface area contributed by atoms with E-state index in [2.05, 4.69) is 31.5 Å². The summed E-state index contributed by atoms with van der Waals surface area (Å²) in [4.78, 5) is 23.7. The Morgan fingerprint density at radius 3 is 2.63 bits per heavy atom. The van der Waals surface area contributed by atoms with Gasteiger partial charge in [0.15, 0.2) is 0 Å². The van der Waals surface area contributed by atoms with Crippen LogP contribution in [0.4, 0.5) is 10.5 Å². The molecule has 9 heteroatoms. The van der Waals surface area contributed by atoms with Gasteiger partial charge in [-0.15, -0.1) is 5.10 Å². The summed E-state index contributed by atoms with van der Waals surface area (Å²) < 4.78 is 1.56. The number of nitrogens with zero attached hydrogens (tertiary/aromatic N) is 4. The first-order chi connectivity index (χ1) is 13.1. The molecule has 0 saturated carbocycles. The van der Waals surface area contributed by atoms with Crippen LogP contribution < -0.4 is 16.0 Å². The van der Waals surface area contributed by atoms with E-state index in [9.17, 15) is 9.59 Å². The molecule has 138 valence electrons. The number of hydrogen-bond donors (Lipinski definition) is 3. The number of amides is 3. The van der Waals surface area contributed by atoms with Gasteiger partial charge in [0, 0.05) is 12.2 Å². The summed E-state index contributed by atoms with van der Waals surface area (Å²) in [5.74, 6) is -0.428. The van der Waals surface area contributed by atoms with Gasteiger partial charge in [-0.25, -0.2) is 9.48 Å². The third-order valence-corrected chi connectivity index (χ3v) is 3.79. The van der Waals surface area contributed by atoms with E-state index in [4.69, 9.17) is 0 Å². The van der Waals surface area contributed by atoms with E-state index in [0.717, 1.165) is 22.5 Å². The van der Waals surface area contributed by atoms with E-state index in [0.29, 0.717) is 6.54 Å². The van der Waals surface area contributed by atoms with Crippen LogP contribution in [0.15, 0.2) is 54.9 Å². The molecular weight excluding hydrogens is 346 g/mol. The van der Waals surface area contributed by atoms with Crippen molar-refractivity contribution in [3.63, 3.8) is 0 Å². The van der Waals surface area contributed by atoms with Crippen LogP contribution in [0.1, 0.15) is 11.1 Å². The molecule has 0 bridgehead atoms. The van der Waals surface area contributed by atoms with Crippen molar-refractivity contribution >= 4 is 17.6 Å². The average Bonchev–Trinajstić information content (AvgIpc) is 3.20. The predicted molar refractivity (Wildman–Crippen MR) is 99.2 cm³/mol. The highest BCUT2D eigenvalue weighted by Crippen LogP contribution is 2.17. The predicted octanol–water partition coefficient (Wildman–Crippen LogP) is 1.41. The van der Waals surface area contributed by atoms with Crippen LogP contribution in [0, 0.1) is 6.92 Å². The maximum Gasteiger partial charge on any atom is 0.321 e. The monoisotopic (exact) mass is 365 g/mol. The smallest absolute Gasteiger partial charge is 0.321 e. The third kappa shape index (κ3) is 5.11. The molecule has 3 rings (SSSR count). The summed E-state index contributed by atoms with van der Waals surface area (Å²) in [6, 6.07) is 14.5. The van der Waals surface area contributed by atoms with E-state index in [1.165, 1.54) is 6.33 Å². The summed E-state index contributed by atoms with van der Waals surface area (Å²) in [6.45, 7) is 2.24. The third-order valence-electron chi connectivity index (χ3n) is 3.79. The number of carbonyl (C=O) groups excluding carboxylic acids is 2. The zero-order valence-corrected chi connectivity index (χ0v) is 14.7. The van der Waals surface area contributed by atoms with Crippen LogP contribution >= 0.6 is 0 Å². The fraction of sp³-hybridized carbons (Fsp3) is 0.167. The van der Waals surface area contributed by atoms with Gasteiger partial charge in [0.05, 0.1) is 12.2 Å². The summed E-state index contributed by atoms with van der Waals surface area (Å²) in [6.07, 6.45) is 1.51. The van der Waals surface area contributed by atoms with Crippen molar-refractivity contribution in [2.24, 2.45) is 0 Å². The van der Waals surface area contributed by atoms with Crippen molar-refractivity contribution in [3.05, 3.63) is 66.0 Å². The Hall–Kier alpha value is -3.75. The molecule has 2 aromatic carbocycles. The summed E-state index contributed by atoms with van der Waals surface area (Å²) in [5, 5.41) is 19.0. The molecule has 9 nitrogen and oxygen atoms in total. The van der Waals surface area contributed by atoms with Crippen molar-refractivity contribution in [2.45, 2.75) is 13.5 Å². The van der Waals surface area contributed by atoms with Crippen LogP contribution in [0.5, 0.6) is 0 Å². The lowest BCUT2D eigenvalue weighted by molar-refractivity contribution is -0.118. The number of urea groups is 1. The average molecular weight is 365 g/mol. The van der Waals surface area contributed by atoms with Gasteiger partial charge in [-0.05, 0) is 46.7 Å². The summed E-state index contributed by atoms with van der Waals surface area (Å²) in [7, 11) is 0. The number of rotatable bonds is 6. The number of imide groups is 1. The van der Waals surface area contributed by atoms with Crippen LogP contribution in [-0.4, -0.2) is 38.7 Å². The quantitative estimate of drug-likeness (QED) is 0.609. The van der Waals surface area contributed by atoms with Gasteiger partial charge >= 0.3 is 6.03 Å². The minimum atomic E-state index is -0.532. The van der Waals surface area contributed by atoms with Gasteiger partial charge in [-0.2, -0.15) is 0 Å². The van der Waals surface area contributed by atoms with Crippen molar-refractivity contribution in [1.29, 1.82) is 0 Å². The number of benzene rings is 2. The number of hydrogen-bond acceptors (Lipinski definition) is 6. The topological polar surface area (TPSA) is 114 Å². The molecule has 1 heterocycles. The Morgan fingerprint density at radius 2 is 1.93 bits per heavy atom. The molecule has 3 aromatic rings. The molecule has 0 aliphatic rings. The molecule has 0 saturated heterocycles. The van der Waals surface area contributed by atoms with Gasteiger partial charge in [0.25, 0.3) is 0 Å². The first-order valence-corrected chi connectivity index (χ1v) is 8.31. The first-order valence-electron chi connectivity index (χ1n) is 8.31. The molecule has 3 N–H and O–H groups in total. The Labute approximate surface area is 155 Å².